The van der Waals surface area contributed by atoms with E-state index < -0.39 is 0 Å². The number of piperazine rings is 1. The van der Waals surface area contributed by atoms with Gasteiger partial charge in [-0.25, -0.2) is 9.67 Å². The van der Waals surface area contributed by atoms with Crippen LogP contribution in [0.1, 0.15) is 10.5 Å². The summed E-state index contributed by atoms with van der Waals surface area (Å²) in [6.45, 7) is 3.06. The Morgan fingerprint density at radius 1 is 1.07 bits per heavy atom. The van der Waals surface area contributed by atoms with Crippen molar-refractivity contribution in [3.05, 3.63) is 54.4 Å². The molecule has 4 rings (SSSR count). The number of hydrogen-bond donors (Lipinski definition) is 1. The second-order valence-electron chi connectivity index (χ2n) is 7.03. The molecule has 1 aromatic carbocycles. The standard InChI is InChI=1S/C21H23N5O3/c1-24-9-11-25(12-10-24)21(28)18-13-19(15-3-6-17(27)7-4-15)26(23-18)16-5-8-20(29-2)22-14-16/h3-8,13-14,27H,9-12H2,1-2H3. The normalized spacial score (nSPS) is 14.8. The van der Waals surface area contributed by atoms with E-state index in [1.54, 1.807) is 54.4 Å². The van der Waals surface area contributed by atoms with Crippen molar-refractivity contribution in [2.75, 3.05) is 40.3 Å². The number of aromatic hydroxyl groups is 1. The van der Waals surface area contributed by atoms with Gasteiger partial charge in [0, 0.05) is 37.8 Å². The molecule has 0 aliphatic carbocycles. The average Bonchev–Trinajstić information content (AvgIpc) is 3.20. The molecule has 0 bridgehead atoms. The van der Waals surface area contributed by atoms with Gasteiger partial charge in [-0.15, -0.1) is 0 Å². The van der Waals surface area contributed by atoms with Crippen molar-refractivity contribution >= 4 is 5.91 Å². The summed E-state index contributed by atoms with van der Waals surface area (Å²) in [5.74, 6) is 0.596. The van der Waals surface area contributed by atoms with Gasteiger partial charge in [0.1, 0.15) is 5.75 Å². The summed E-state index contributed by atoms with van der Waals surface area (Å²) in [7, 11) is 3.61. The molecule has 1 aliphatic heterocycles. The molecule has 3 heterocycles. The Labute approximate surface area is 169 Å². The summed E-state index contributed by atoms with van der Waals surface area (Å²) in [6.07, 6.45) is 1.65. The minimum absolute atomic E-state index is 0.0849. The highest BCUT2D eigenvalue weighted by Gasteiger charge is 2.24. The fourth-order valence-corrected chi connectivity index (χ4v) is 3.31. The van der Waals surface area contributed by atoms with Crippen molar-refractivity contribution in [2.24, 2.45) is 0 Å². The number of carbonyl (C=O) groups excluding carboxylic acids is 1. The molecule has 29 heavy (non-hydrogen) atoms. The van der Waals surface area contributed by atoms with Crippen LogP contribution in [0.2, 0.25) is 0 Å². The lowest BCUT2D eigenvalue weighted by atomic mass is 10.1. The fraction of sp³-hybridized carbons (Fsp3) is 0.286. The number of carbonyl (C=O) groups is 1. The van der Waals surface area contributed by atoms with E-state index in [0.717, 1.165) is 24.3 Å². The minimum atomic E-state index is -0.0849. The number of methoxy groups -OCH3 is 1. The molecule has 0 spiro atoms. The third-order valence-electron chi connectivity index (χ3n) is 5.06. The second kappa shape index (κ2) is 7.92. The number of benzene rings is 1. The highest BCUT2D eigenvalue weighted by atomic mass is 16.5. The number of nitrogens with zero attached hydrogens (tertiary/aromatic N) is 5. The molecule has 0 unspecified atom stereocenters. The lowest BCUT2D eigenvalue weighted by Gasteiger charge is -2.31. The van der Waals surface area contributed by atoms with Crippen LogP contribution < -0.4 is 4.74 Å². The zero-order chi connectivity index (χ0) is 20.4. The largest absolute Gasteiger partial charge is 0.508 e. The Morgan fingerprint density at radius 3 is 2.41 bits per heavy atom. The van der Waals surface area contributed by atoms with E-state index >= 15 is 0 Å². The van der Waals surface area contributed by atoms with Crippen LogP contribution in [0.5, 0.6) is 11.6 Å². The number of rotatable bonds is 4. The summed E-state index contributed by atoms with van der Waals surface area (Å²) in [4.78, 5) is 21.3. The van der Waals surface area contributed by atoms with Crippen LogP contribution >= 0.6 is 0 Å². The van der Waals surface area contributed by atoms with Gasteiger partial charge in [-0.05, 0) is 43.4 Å². The molecular formula is C21H23N5O3. The summed E-state index contributed by atoms with van der Waals surface area (Å²) < 4.78 is 6.83. The maximum absolute atomic E-state index is 13.0. The first kappa shape index (κ1) is 18.9. The van der Waals surface area contributed by atoms with Gasteiger partial charge in [0.25, 0.3) is 5.91 Å². The third kappa shape index (κ3) is 3.93. The Balaban J connectivity index is 1.73. The van der Waals surface area contributed by atoms with Gasteiger partial charge < -0.3 is 19.6 Å². The maximum Gasteiger partial charge on any atom is 0.274 e. The highest BCUT2D eigenvalue weighted by molar-refractivity contribution is 5.93. The fourth-order valence-electron chi connectivity index (χ4n) is 3.31. The van der Waals surface area contributed by atoms with Gasteiger partial charge in [0.05, 0.1) is 24.7 Å². The smallest absolute Gasteiger partial charge is 0.274 e. The van der Waals surface area contributed by atoms with Gasteiger partial charge >= 0.3 is 0 Å². The van der Waals surface area contributed by atoms with Crippen molar-refractivity contribution in [1.29, 1.82) is 0 Å². The first-order chi connectivity index (χ1) is 14.0. The molecule has 1 amide bonds. The molecule has 1 N–H and O–H groups in total. The molecule has 1 fully saturated rings. The van der Waals surface area contributed by atoms with Gasteiger partial charge in [-0.3, -0.25) is 4.79 Å². The Morgan fingerprint density at radius 2 is 1.79 bits per heavy atom. The van der Waals surface area contributed by atoms with E-state index in [1.807, 2.05) is 11.0 Å². The highest BCUT2D eigenvalue weighted by Crippen LogP contribution is 2.26. The molecule has 8 heteroatoms. The molecule has 0 saturated carbocycles. The van der Waals surface area contributed by atoms with Gasteiger partial charge in [0.15, 0.2) is 5.69 Å². The molecule has 150 valence electrons. The Kier molecular flexibility index (Phi) is 5.18. The number of pyridine rings is 1. The van der Waals surface area contributed by atoms with Crippen LogP contribution in [0.25, 0.3) is 16.9 Å². The van der Waals surface area contributed by atoms with Crippen molar-refractivity contribution in [1.82, 2.24) is 24.6 Å². The van der Waals surface area contributed by atoms with Crippen molar-refractivity contribution in [3.8, 4) is 28.6 Å². The number of phenolic OH excluding ortho intramolecular Hbond substituents is 1. The summed E-state index contributed by atoms with van der Waals surface area (Å²) >= 11 is 0. The van der Waals surface area contributed by atoms with E-state index in [0.29, 0.717) is 30.4 Å². The van der Waals surface area contributed by atoms with Gasteiger partial charge in [-0.2, -0.15) is 5.10 Å². The lowest BCUT2D eigenvalue weighted by Crippen LogP contribution is -2.47. The lowest BCUT2D eigenvalue weighted by molar-refractivity contribution is 0.0657. The molecule has 1 saturated heterocycles. The Bertz CT molecular complexity index is 990. The van der Waals surface area contributed by atoms with E-state index in [1.165, 1.54) is 0 Å². The predicted molar refractivity (Wildman–Crippen MR) is 108 cm³/mol. The molecule has 8 nitrogen and oxygen atoms in total. The van der Waals surface area contributed by atoms with E-state index in [2.05, 4.69) is 22.0 Å². The maximum atomic E-state index is 13.0. The number of phenols is 1. The second-order valence-corrected chi connectivity index (χ2v) is 7.03. The zero-order valence-corrected chi connectivity index (χ0v) is 16.4. The molecule has 1 aliphatic rings. The quantitative estimate of drug-likeness (QED) is 0.730. The number of aromatic nitrogens is 3. The van der Waals surface area contributed by atoms with Crippen LogP contribution in [0.3, 0.4) is 0 Å². The summed E-state index contributed by atoms with van der Waals surface area (Å²) in [6, 6.07) is 12.2. The number of hydrogen-bond acceptors (Lipinski definition) is 6. The molecular weight excluding hydrogens is 370 g/mol. The third-order valence-corrected chi connectivity index (χ3v) is 5.06. The Hall–Kier alpha value is -3.39. The van der Waals surface area contributed by atoms with Crippen molar-refractivity contribution in [2.45, 2.75) is 0 Å². The van der Waals surface area contributed by atoms with Crippen LogP contribution in [-0.2, 0) is 0 Å². The topological polar surface area (TPSA) is 83.7 Å². The van der Waals surface area contributed by atoms with Gasteiger partial charge in [0.2, 0.25) is 5.88 Å². The predicted octanol–water partition coefficient (Wildman–Crippen LogP) is 2.04. The van der Waals surface area contributed by atoms with Crippen LogP contribution in [0.15, 0.2) is 48.7 Å². The van der Waals surface area contributed by atoms with Crippen molar-refractivity contribution < 1.29 is 14.6 Å². The SMILES string of the molecule is COc1ccc(-n2nc(C(=O)N3CCN(C)CC3)cc2-c2ccc(O)cc2)cn1. The first-order valence-corrected chi connectivity index (χ1v) is 9.43. The monoisotopic (exact) mass is 393 g/mol. The first-order valence-electron chi connectivity index (χ1n) is 9.43. The van der Waals surface area contributed by atoms with Crippen LogP contribution in [-0.4, -0.2) is 75.9 Å². The van der Waals surface area contributed by atoms with E-state index in [4.69, 9.17) is 4.74 Å². The van der Waals surface area contributed by atoms with Crippen LogP contribution in [0.4, 0.5) is 0 Å². The van der Waals surface area contributed by atoms with Crippen LogP contribution in [0, 0.1) is 0 Å². The number of likely N-dealkylation sites (N-methyl/N-ethyl adjacent to an activating group) is 1. The molecule has 3 aromatic rings. The molecule has 0 radical (unpaired) electrons. The average molecular weight is 393 g/mol. The van der Waals surface area contributed by atoms with Gasteiger partial charge in [-0.1, -0.05) is 0 Å². The van der Waals surface area contributed by atoms with Crippen molar-refractivity contribution in [3.63, 3.8) is 0 Å². The van der Waals surface area contributed by atoms with E-state index in [9.17, 15) is 9.90 Å². The number of ether oxygens (including phenoxy) is 1. The molecule has 0 atom stereocenters. The number of amides is 1. The summed E-state index contributed by atoms with van der Waals surface area (Å²) in [5.41, 5.74) is 2.68. The zero-order valence-electron chi connectivity index (χ0n) is 16.4. The minimum Gasteiger partial charge on any atom is -0.508 e. The summed E-state index contributed by atoms with van der Waals surface area (Å²) in [5, 5.41) is 14.2. The molecule has 2 aromatic heterocycles. The van der Waals surface area contributed by atoms with E-state index in [-0.39, 0.29) is 11.7 Å².